The Balaban J connectivity index is 1.88. The van der Waals surface area contributed by atoms with Gasteiger partial charge in [0.05, 0.1) is 6.61 Å². The predicted octanol–water partition coefficient (Wildman–Crippen LogP) is 2.13. The van der Waals surface area contributed by atoms with Gasteiger partial charge >= 0.3 is 6.03 Å². The number of hydrogen-bond donors (Lipinski definition) is 3. The summed E-state index contributed by atoms with van der Waals surface area (Å²) in [5.74, 6) is 0.129. The smallest absolute Gasteiger partial charge is 0.319 e. The second-order valence-electron chi connectivity index (χ2n) is 5.88. The fourth-order valence-electron chi connectivity index (χ4n) is 2.60. The number of hydrogen-bond acceptors (Lipinski definition) is 4. The topological polar surface area (TPSA) is 88.7 Å². The summed E-state index contributed by atoms with van der Waals surface area (Å²) < 4.78 is 10.2. The van der Waals surface area contributed by atoms with Crippen LogP contribution in [0.25, 0.3) is 0 Å². The molecule has 24 heavy (non-hydrogen) atoms. The van der Waals surface area contributed by atoms with Crippen LogP contribution in [-0.2, 0) is 14.3 Å². The minimum atomic E-state index is -0.260. The number of amides is 3. The molecule has 0 aromatic heterocycles. The van der Waals surface area contributed by atoms with Gasteiger partial charge in [-0.1, -0.05) is 6.07 Å². The Morgan fingerprint density at radius 3 is 2.71 bits per heavy atom. The molecular formula is C17H25N3O4. The van der Waals surface area contributed by atoms with E-state index in [-0.39, 0.29) is 18.5 Å². The van der Waals surface area contributed by atoms with Gasteiger partial charge in [0.15, 0.2) is 0 Å². The number of carbonyl (C=O) groups is 2. The van der Waals surface area contributed by atoms with E-state index in [1.165, 1.54) is 7.11 Å². The second kappa shape index (κ2) is 9.24. The summed E-state index contributed by atoms with van der Waals surface area (Å²) in [6, 6.07) is 5.10. The predicted molar refractivity (Wildman–Crippen MR) is 92.2 cm³/mol. The average molecular weight is 335 g/mol. The molecular weight excluding hydrogens is 310 g/mol. The van der Waals surface area contributed by atoms with Gasteiger partial charge in [-0.05, 0) is 43.4 Å². The number of nitrogens with one attached hydrogen (secondary N) is 3. The molecule has 1 aliphatic heterocycles. The van der Waals surface area contributed by atoms with Gasteiger partial charge in [0.2, 0.25) is 5.91 Å². The van der Waals surface area contributed by atoms with E-state index in [1.54, 1.807) is 18.2 Å². The van der Waals surface area contributed by atoms with Crippen molar-refractivity contribution in [3.63, 3.8) is 0 Å². The zero-order valence-electron chi connectivity index (χ0n) is 14.2. The zero-order chi connectivity index (χ0) is 17.4. The van der Waals surface area contributed by atoms with E-state index in [9.17, 15) is 9.59 Å². The zero-order valence-corrected chi connectivity index (χ0v) is 14.2. The first-order chi connectivity index (χ1) is 11.6. The fourth-order valence-corrected chi connectivity index (χ4v) is 2.60. The second-order valence-corrected chi connectivity index (χ2v) is 5.88. The molecule has 0 aliphatic carbocycles. The number of methoxy groups -OCH3 is 1. The molecule has 0 radical (unpaired) electrons. The largest absolute Gasteiger partial charge is 0.381 e. The number of anilines is 2. The monoisotopic (exact) mass is 335 g/mol. The van der Waals surface area contributed by atoms with E-state index >= 15 is 0 Å². The first-order valence-corrected chi connectivity index (χ1v) is 8.11. The van der Waals surface area contributed by atoms with Gasteiger partial charge in [0, 0.05) is 31.6 Å². The van der Waals surface area contributed by atoms with Crippen LogP contribution in [0.1, 0.15) is 18.4 Å². The summed E-state index contributed by atoms with van der Waals surface area (Å²) in [7, 11) is 1.46. The average Bonchev–Trinajstić information content (AvgIpc) is 2.58. The van der Waals surface area contributed by atoms with Gasteiger partial charge in [0.25, 0.3) is 0 Å². The molecule has 0 saturated carbocycles. The van der Waals surface area contributed by atoms with Gasteiger partial charge in [0.1, 0.15) is 6.61 Å². The van der Waals surface area contributed by atoms with Crippen LogP contribution in [0.5, 0.6) is 0 Å². The first kappa shape index (κ1) is 18.2. The number of benzene rings is 1. The molecule has 3 N–H and O–H groups in total. The highest BCUT2D eigenvalue weighted by atomic mass is 16.5. The van der Waals surface area contributed by atoms with E-state index in [1.807, 2.05) is 6.92 Å². The maximum absolute atomic E-state index is 12.1. The molecule has 1 aromatic rings. The molecule has 1 fully saturated rings. The van der Waals surface area contributed by atoms with Gasteiger partial charge in [-0.25, -0.2) is 4.79 Å². The summed E-state index contributed by atoms with van der Waals surface area (Å²) in [5.41, 5.74) is 2.09. The molecule has 1 atom stereocenters. The molecule has 0 unspecified atom stereocenters. The van der Waals surface area contributed by atoms with Crippen LogP contribution in [-0.4, -0.2) is 45.4 Å². The van der Waals surface area contributed by atoms with E-state index < -0.39 is 0 Å². The molecule has 1 aromatic carbocycles. The third-order valence-electron chi connectivity index (χ3n) is 3.94. The maximum atomic E-state index is 12.1. The number of ether oxygens (including phenoxy) is 2. The Morgan fingerprint density at radius 1 is 1.29 bits per heavy atom. The van der Waals surface area contributed by atoms with E-state index in [0.29, 0.717) is 30.4 Å². The Kier molecular flexibility index (Phi) is 7.02. The molecule has 0 spiro atoms. The highest BCUT2D eigenvalue weighted by molar-refractivity contribution is 5.95. The van der Waals surface area contributed by atoms with Crippen molar-refractivity contribution >= 4 is 23.3 Å². The van der Waals surface area contributed by atoms with E-state index in [4.69, 9.17) is 9.47 Å². The Labute approximate surface area is 142 Å². The summed E-state index contributed by atoms with van der Waals surface area (Å²) in [6.07, 6.45) is 2.11. The standard InChI is InChI=1S/C17H25N3O4/c1-12-14(19-16(21)11-23-2)6-3-7-15(12)20-17(22)18-9-13-5-4-8-24-10-13/h3,6-7,13H,4-5,8-11H2,1-2H3,(H,19,21)(H2,18,20,22)/t13-/m1/s1. The molecule has 1 aliphatic rings. The lowest BCUT2D eigenvalue weighted by molar-refractivity contribution is -0.119. The first-order valence-electron chi connectivity index (χ1n) is 8.11. The van der Waals surface area contributed by atoms with Crippen LogP contribution in [0, 0.1) is 12.8 Å². The van der Waals surface area contributed by atoms with Crippen molar-refractivity contribution in [1.29, 1.82) is 0 Å². The van der Waals surface area contributed by atoms with Crippen LogP contribution in [0.2, 0.25) is 0 Å². The van der Waals surface area contributed by atoms with Crippen molar-refractivity contribution in [2.75, 3.05) is 44.1 Å². The van der Waals surface area contributed by atoms with Crippen molar-refractivity contribution in [2.45, 2.75) is 19.8 Å². The molecule has 1 heterocycles. The van der Waals surface area contributed by atoms with Crippen LogP contribution >= 0.6 is 0 Å². The van der Waals surface area contributed by atoms with Crippen molar-refractivity contribution < 1.29 is 19.1 Å². The number of urea groups is 1. The molecule has 7 nitrogen and oxygen atoms in total. The Hall–Kier alpha value is -2.12. The molecule has 3 amide bonds. The summed E-state index contributed by atoms with van der Waals surface area (Å²) in [6.45, 7) is 3.92. The summed E-state index contributed by atoms with van der Waals surface area (Å²) >= 11 is 0. The van der Waals surface area contributed by atoms with Gasteiger partial charge in [-0.2, -0.15) is 0 Å². The highest BCUT2D eigenvalue weighted by Gasteiger charge is 2.15. The highest BCUT2D eigenvalue weighted by Crippen LogP contribution is 2.23. The van der Waals surface area contributed by atoms with E-state index in [2.05, 4.69) is 16.0 Å². The fraction of sp³-hybridized carbons (Fsp3) is 0.529. The molecule has 2 rings (SSSR count). The third-order valence-corrected chi connectivity index (χ3v) is 3.94. The van der Waals surface area contributed by atoms with Crippen molar-refractivity contribution in [3.8, 4) is 0 Å². The molecule has 7 heteroatoms. The lowest BCUT2D eigenvalue weighted by atomic mass is 10.0. The maximum Gasteiger partial charge on any atom is 0.319 e. The normalized spacial score (nSPS) is 17.2. The summed E-state index contributed by atoms with van der Waals surface area (Å²) in [5, 5.41) is 8.45. The summed E-state index contributed by atoms with van der Waals surface area (Å²) in [4.78, 5) is 23.7. The molecule has 1 saturated heterocycles. The minimum Gasteiger partial charge on any atom is -0.381 e. The lowest BCUT2D eigenvalue weighted by Crippen LogP contribution is -2.36. The van der Waals surface area contributed by atoms with Crippen LogP contribution in [0.4, 0.5) is 16.2 Å². The number of carbonyl (C=O) groups excluding carboxylic acids is 2. The van der Waals surface area contributed by atoms with Crippen LogP contribution in [0.15, 0.2) is 18.2 Å². The number of rotatable bonds is 6. The van der Waals surface area contributed by atoms with Crippen LogP contribution < -0.4 is 16.0 Å². The SMILES string of the molecule is COCC(=O)Nc1cccc(NC(=O)NC[C@H]2CCCOC2)c1C. The Morgan fingerprint density at radius 2 is 2.04 bits per heavy atom. The van der Waals surface area contributed by atoms with Gasteiger partial charge in [-0.15, -0.1) is 0 Å². The van der Waals surface area contributed by atoms with E-state index in [0.717, 1.165) is 25.0 Å². The lowest BCUT2D eigenvalue weighted by Gasteiger charge is -2.22. The van der Waals surface area contributed by atoms with Crippen LogP contribution in [0.3, 0.4) is 0 Å². The quantitative estimate of drug-likeness (QED) is 0.743. The van der Waals surface area contributed by atoms with Gasteiger partial charge in [-0.3, -0.25) is 4.79 Å². The van der Waals surface area contributed by atoms with Crippen molar-refractivity contribution in [2.24, 2.45) is 5.92 Å². The molecule has 132 valence electrons. The molecule has 0 bridgehead atoms. The third kappa shape index (κ3) is 5.50. The van der Waals surface area contributed by atoms with Gasteiger partial charge < -0.3 is 25.4 Å². The van der Waals surface area contributed by atoms with Crippen molar-refractivity contribution in [1.82, 2.24) is 5.32 Å². The Bertz CT molecular complexity index is 571. The minimum absolute atomic E-state index is 0.0129. The van der Waals surface area contributed by atoms with Crippen molar-refractivity contribution in [3.05, 3.63) is 23.8 Å².